The van der Waals surface area contributed by atoms with Crippen molar-refractivity contribution < 1.29 is 0 Å². The average Bonchev–Trinajstić information content (AvgIpc) is 3.15. The van der Waals surface area contributed by atoms with Crippen LogP contribution in [0.15, 0.2) is 78.9 Å². The van der Waals surface area contributed by atoms with Crippen LogP contribution in [0.2, 0.25) is 0 Å². The van der Waals surface area contributed by atoms with Crippen molar-refractivity contribution in [1.82, 2.24) is 0 Å². The van der Waals surface area contributed by atoms with Gasteiger partial charge in [-0.05, 0) is 84.2 Å². The van der Waals surface area contributed by atoms with E-state index in [-0.39, 0.29) is 6.04 Å². The molecule has 5 rings (SSSR count). The molecule has 4 aromatic carbocycles. The third-order valence-corrected chi connectivity index (χ3v) is 6.61. The fourth-order valence-corrected chi connectivity index (χ4v) is 5.23. The van der Waals surface area contributed by atoms with Crippen molar-refractivity contribution in [3.8, 4) is 22.3 Å². The van der Waals surface area contributed by atoms with E-state index in [4.69, 9.17) is 0 Å². The second-order valence-electron chi connectivity index (χ2n) is 8.89. The number of benzene rings is 4. The molecule has 4 aromatic rings. The van der Waals surface area contributed by atoms with Crippen LogP contribution in [-0.2, 0) is 6.42 Å². The van der Waals surface area contributed by atoms with E-state index in [2.05, 4.69) is 112 Å². The number of hydrogen-bond acceptors (Lipinski definition) is 1. The molecule has 31 heavy (non-hydrogen) atoms. The van der Waals surface area contributed by atoms with Gasteiger partial charge in [0.05, 0.1) is 0 Å². The lowest BCUT2D eigenvalue weighted by atomic mass is 9.90. The van der Waals surface area contributed by atoms with E-state index < -0.39 is 0 Å². The van der Waals surface area contributed by atoms with Crippen molar-refractivity contribution in [3.63, 3.8) is 0 Å². The average molecular weight is 404 g/mol. The smallest absolute Gasteiger partial charge is 0.0491 e. The van der Waals surface area contributed by atoms with E-state index in [1.165, 1.54) is 61.3 Å². The molecule has 1 aliphatic carbocycles. The molecule has 0 aromatic heterocycles. The molecule has 0 heterocycles. The monoisotopic (exact) mass is 403 g/mol. The van der Waals surface area contributed by atoms with E-state index in [9.17, 15) is 0 Å². The Labute approximate surface area is 185 Å². The number of aryl methyl sites for hydroxylation is 3. The minimum atomic E-state index is 0.205. The molecule has 0 bridgehead atoms. The highest BCUT2D eigenvalue weighted by Gasteiger charge is 2.23. The van der Waals surface area contributed by atoms with Gasteiger partial charge in [-0.15, -0.1) is 0 Å². The molecule has 0 saturated carbocycles. The lowest BCUT2D eigenvalue weighted by Crippen LogP contribution is -2.10. The van der Waals surface area contributed by atoms with E-state index in [0.29, 0.717) is 0 Å². The maximum Gasteiger partial charge on any atom is 0.0491 e. The standard InChI is InChI=1S/C30H29N/c1-19-16-20(2)30(21(3)17-19)31-22(4)24-11-7-8-13-26(24)28-15-9-14-27-25-12-6-5-10-23(25)18-29(27)28/h5-17,22,31H,18H2,1-4H3. The Hall–Kier alpha value is -3.32. The van der Waals surface area contributed by atoms with E-state index >= 15 is 0 Å². The Balaban J connectivity index is 1.56. The van der Waals surface area contributed by atoms with Crippen molar-refractivity contribution in [2.24, 2.45) is 0 Å². The molecule has 1 unspecified atom stereocenters. The number of anilines is 1. The van der Waals surface area contributed by atoms with Crippen LogP contribution in [0.3, 0.4) is 0 Å². The summed E-state index contributed by atoms with van der Waals surface area (Å²) in [4.78, 5) is 0. The van der Waals surface area contributed by atoms with Crippen LogP contribution in [0.25, 0.3) is 22.3 Å². The molecule has 0 spiro atoms. The zero-order chi connectivity index (χ0) is 21.5. The highest BCUT2D eigenvalue weighted by Crippen LogP contribution is 2.43. The van der Waals surface area contributed by atoms with Crippen LogP contribution in [-0.4, -0.2) is 0 Å². The number of rotatable bonds is 4. The van der Waals surface area contributed by atoms with Crippen LogP contribution in [0, 0.1) is 20.8 Å². The molecule has 0 amide bonds. The first-order valence-electron chi connectivity index (χ1n) is 11.2. The molecule has 0 aliphatic heterocycles. The van der Waals surface area contributed by atoms with Crippen molar-refractivity contribution in [1.29, 1.82) is 0 Å². The van der Waals surface area contributed by atoms with E-state index in [0.717, 1.165) is 6.42 Å². The largest absolute Gasteiger partial charge is 0.378 e. The molecule has 0 saturated heterocycles. The van der Waals surface area contributed by atoms with Gasteiger partial charge in [0.2, 0.25) is 0 Å². The zero-order valence-electron chi connectivity index (χ0n) is 18.8. The first-order chi connectivity index (χ1) is 15.0. The minimum Gasteiger partial charge on any atom is -0.378 e. The van der Waals surface area contributed by atoms with Gasteiger partial charge in [0.1, 0.15) is 0 Å². The highest BCUT2D eigenvalue weighted by molar-refractivity contribution is 5.85. The van der Waals surface area contributed by atoms with Gasteiger partial charge < -0.3 is 5.32 Å². The molecule has 1 nitrogen and oxygen atoms in total. The third kappa shape index (κ3) is 3.45. The number of fused-ring (bicyclic) bond motifs is 3. The second-order valence-corrected chi connectivity index (χ2v) is 8.89. The maximum atomic E-state index is 3.82. The van der Waals surface area contributed by atoms with Crippen LogP contribution in [0.1, 0.15) is 46.3 Å². The predicted molar refractivity (Wildman–Crippen MR) is 133 cm³/mol. The Morgan fingerprint density at radius 1 is 0.677 bits per heavy atom. The Morgan fingerprint density at radius 2 is 1.26 bits per heavy atom. The van der Waals surface area contributed by atoms with Gasteiger partial charge in [0, 0.05) is 11.7 Å². The highest BCUT2D eigenvalue weighted by atomic mass is 14.9. The molecule has 1 aliphatic rings. The summed E-state index contributed by atoms with van der Waals surface area (Å²) in [6, 6.07) is 29.2. The Kier molecular flexibility index (Phi) is 4.90. The lowest BCUT2D eigenvalue weighted by Gasteiger charge is -2.23. The molecule has 0 radical (unpaired) electrons. The fraction of sp³-hybridized carbons (Fsp3) is 0.200. The number of nitrogens with one attached hydrogen (secondary N) is 1. The predicted octanol–water partition coefficient (Wildman–Crippen LogP) is 8.02. The van der Waals surface area contributed by atoms with Gasteiger partial charge in [0.15, 0.2) is 0 Å². The van der Waals surface area contributed by atoms with Crippen molar-refractivity contribution in [3.05, 3.63) is 112 Å². The minimum absolute atomic E-state index is 0.205. The summed E-state index contributed by atoms with van der Waals surface area (Å²) in [5.74, 6) is 0. The van der Waals surface area contributed by atoms with Crippen molar-refractivity contribution in [2.45, 2.75) is 40.2 Å². The molecule has 1 N–H and O–H groups in total. The molecular weight excluding hydrogens is 374 g/mol. The first kappa shape index (κ1) is 19.6. The summed E-state index contributed by atoms with van der Waals surface area (Å²) < 4.78 is 0. The van der Waals surface area contributed by atoms with Crippen LogP contribution >= 0.6 is 0 Å². The molecule has 1 heteroatoms. The quantitative estimate of drug-likeness (QED) is 0.320. The SMILES string of the molecule is Cc1cc(C)c(NC(C)c2ccccc2-c2cccc3c2Cc2ccccc2-3)c(C)c1. The van der Waals surface area contributed by atoms with Crippen LogP contribution in [0.4, 0.5) is 5.69 Å². The van der Waals surface area contributed by atoms with Crippen molar-refractivity contribution >= 4 is 5.69 Å². The van der Waals surface area contributed by atoms with Gasteiger partial charge in [-0.25, -0.2) is 0 Å². The maximum absolute atomic E-state index is 3.82. The normalized spacial score (nSPS) is 12.9. The van der Waals surface area contributed by atoms with Gasteiger partial charge >= 0.3 is 0 Å². The summed E-state index contributed by atoms with van der Waals surface area (Å²) in [7, 11) is 0. The lowest BCUT2D eigenvalue weighted by molar-refractivity contribution is 0.882. The van der Waals surface area contributed by atoms with Gasteiger partial charge in [-0.3, -0.25) is 0 Å². The Morgan fingerprint density at radius 3 is 2.00 bits per heavy atom. The zero-order valence-corrected chi connectivity index (χ0v) is 18.8. The fourth-order valence-electron chi connectivity index (χ4n) is 5.23. The number of hydrogen-bond donors (Lipinski definition) is 1. The van der Waals surface area contributed by atoms with E-state index in [1.54, 1.807) is 0 Å². The summed E-state index contributed by atoms with van der Waals surface area (Å²) in [6.07, 6.45) is 1.01. The Bertz CT molecular complexity index is 1260. The topological polar surface area (TPSA) is 12.0 Å². The van der Waals surface area contributed by atoms with Crippen molar-refractivity contribution in [2.75, 3.05) is 5.32 Å². The van der Waals surface area contributed by atoms with Gasteiger partial charge in [-0.1, -0.05) is 84.4 Å². The summed E-state index contributed by atoms with van der Waals surface area (Å²) in [6.45, 7) is 8.83. The second kappa shape index (κ2) is 7.74. The van der Waals surface area contributed by atoms with Crippen LogP contribution < -0.4 is 5.32 Å². The molecule has 0 fully saturated rings. The van der Waals surface area contributed by atoms with Gasteiger partial charge in [0.25, 0.3) is 0 Å². The first-order valence-corrected chi connectivity index (χ1v) is 11.2. The van der Waals surface area contributed by atoms with Gasteiger partial charge in [-0.2, -0.15) is 0 Å². The summed E-state index contributed by atoms with van der Waals surface area (Å²) in [5.41, 5.74) is 14.8. The van der Waals surface area contributed by atoms with E-state index in [1.807, 2.05) is 0 Å². The van der Waals surface area contributed by atoms with Crippen LogP contribution in [0.5, 0.6) is 0 Å². The third-order valence-electron chi connectivity index (χ3n) is 6.61. The molecular formula is C30H29N. The summed E-state index contributed by atoms with van der Waals surface area (Å²) in [5, 5.41) is 3.82. The molecule has 154 valence electrons. The molecule has 1 atom stereocenters. The summed E-state index contributed by atoms with van der Waals surface area (Å²) >= 11 is 0.